The van der Waals surface area contributed by atoms with Gasteiger partial charge in [-0.1, -0.05) is 20.8 Å². The molecule has 0 aromatic rings. The Kier molecular flexibility index (Phi) is 6.04. The van der Waals surface area contributed by atoms with Crippen molar-refractivity contribution in [2.45, 2.75) is 32.4 Å². The number of esters is 1. The van der Waals surface area contributed by atoms with Crippen molar-refractivity contribution >= 4 is 15.8 Å². The first-order valence-electron chi connectivity index (χ1n) is 5.10. The van der Waals surface area contributed by atoms with Crippen LogP contribution in [0.25, 0.3) is 0 Å². The molecule has 0 saturated carbocycles. The number of nitrogens with zero attached hydrogens (tertiary/aromatic N) is 1. The summed E-state index contributed by atoms with van der Waals surface area (Å²) >= 11 is 0. The lowest BCUT2D eigenvalue weighted by molar-refractivity contribution is -0.144. The molecule has 0 aliphatic rings. The summed E-state index contributed by atoms with van der Waals surface area (Å²) in [6, 6.07) is 1.55. The van der Waals surface area contributed by atoms with Crippen molar-refractivity contribution in [3.8, 4) is 6.07 Å². The second-order valence-electron chi connectivity index (χ2n) is 3.89. The normalized spacial score (nSPS) is 13.2. The first-order valence-corrected chi connectivity index (χ1v) is 6.81. The first-order chi connectivity index (χ1) is 7.35. The largest absolute Gasteiger partial charge is 0.464 e. The predicted octanol–water partition coefficient (Wildman–Crippen LogP) is 0.903. The fourth-order valence-electron chi connectivity index (χ4n) is 1.10. The Morgan fingerprint density at radius 1 is 1.44 bits per heavy atom. The number of sulfone groups is 1. The molecule has 5 nitrogen and oxygen atoms in total. The van der Waals surface area contributed by atoms with E-state index in [0.717, 1.165) is 0 Å². The van der Waals surface area contributed by atoms with Gasteiger partial charge in [-0.15, -0.1) is 0 Å². The summed E-state index contributed by atoms with van der Waals surface area (Å²) < 4.78 is 27.9. The second-order valence-corrected chi connectivity index (χ2v) is 6.07. The maximum Gasteiger partial charge on any atom is 0.324 e. The first kappa shape index (κ1) is 14.9. The average molecular weight is 247 g/mol. The van der Waals surface area contributed by atoms with E-state index in [4.69, 9.17) is 10.00 Å². The Bertz CT molecular complexity index is 367. The maximum absolute atomic E-state index is 11.5. The molecule has 0 fully saturated rings. The van der Waals surface area contributed by atoms with Gasteiger partial charge < -0.3 is 4.74 Å². The van der Waals surface area contributed by atoms with E-state index < -0.39 is 26.8 Å². The standard InChI is InChI=1S/C10H17NO4S/c1-4-9(16(13,14)6-5-11)10(12)15-7-8(2)3/h8-9H,4,6-7H2,1-3H3. The Morgan fingerprint density at radius 2 is 2.00 bits per heavy atom. The summed E-state index contributed by atoms with van der Waals surface area (Å²) in [5, 5.41) is 7.15. The van der Waals surface area contributed by atoms with Gasteiger partial charge in [0.1, 0.15) is 5.75 Å². The van der Waals surface area contributed by atoms with Crippen molar-refractivity contribution in [3.63, 3.8) is 0 Å². The lowest BCUT2D eigenvalue weighted by Gasteiger charge is -2.14. The zero-order valence-corrected chi connectivity index (χ0v) is 10.6. The molecule has 6 heteroatoms. The van der Waals surface area contributed by atoms with Crippen molar-refractivity contribution < 1.29 is 17.9 Å². The monoisotopic (exact) mass is 247 g/mol. The molecular weight excluding hydrogens is 230 g/mol. The minimum Gasteiger partial charge on any atom is -0.464 e. The molecule has 0 radical (unpaired) electrons. The van der Waals surface area contributed by atoms with Gasteiger partial charge in [0, 0.05) is 0 Å². The number of hydrogen-bond acceptors (Lipinski definition) is 5. The number of ether oxygens (including phenoxy) is 1. The van der Waals surface area contributed by atoms with E-state index in [-0.39, 0.29) is 18.9 Å². The van der Waals surface area contributed by atoms with Gasteiger partial charge in [-0.3, -0.25) is 4.79 Å². The van der Waals surface area contributed by atoms with Crippen molar-refractivity contribution in [1.82, 2.24) is 0 Å². The average Bonchev–Trinajstić information content (AvgIpc) is 2.15. The van der Waals surface area contributed by atoms with Gasteiger partial charge in [0.05, 0.1) is 12.7 Å². The lowest BCUT2D eigenvalue weighted by atomic mass is 10.2. The minimum atomic E-state index is -3.71. The van der Waals surface area contributed by atoms with E-state index >= 15 is 0 Å². The smallest absolute Gasteiger partial charge is 0.324 e. The van der Waals surface area contributed by atoms with E-state index in [0.29, 0.717) is 0 Å². The quantitative estimate of drug-likeness (QED) is 0.651. The van der Waals surface area contributed by atoms with Crippen LogP contribution in [0.5, 0.6) is 0 Å². The molecule has 0 spiro atoms. The summed E-state index contributed by atoms with van der Waals surface area (Å²) in [6.07, 6.45) is 0.126. The Hall–Kier alpha value is -1.09. The molecule has 0 heterocycles. The highest BCUT2D eigenvalue weighted by Gasteiger charge is 2.32. The number of rotatable bonds is 6. The highest BCUT2D eigenvalue weighted by Crippen LogP contribution is 2.10. The second kappa shape index (κ2) is 6.48. The molecule has 0 N–H and O–H groups in total. The van der Waals surface area contributed by atoms with Crippen LogP contribution in [0, 0.1) is 17.2 Å². The molecule has 0 aromatic heterocycles. The summed E-state index contributed by atoms with van der Waals surface area (Å²) in [5.74, 6) is -1.26. The van der Waals surface area contributed by atoms with Crippen LogP contribution in [0.1, 0.15) is 27.2 Å². The number of hydrogen-bond donors (Lipinski definition) is 0. The van der Waals surface area contributed by atoms with Crippen LogP contribution < -0.4 is 0 Å². The van der Waals surface area contributed by atoms with Gasteiger partial charge >= 0.3 is 5.97 Å². The lowest BCUT2D eigenvalue weighted by Crippen LogP contribution is -2.33. The topological polar surface area (TPSA) is 84.2 Å². The summed E-state index contributed by atoms with van der Waals surface area (Å²) in [4.78, 5) is 11.5. The zero-order valence-electron chi connectivity index (χ0n) is 9.76. The molecule has 1 unspecified atom stereocenters. The molecule has 92 valence electrons. The SMILES string of the molecule is CCC(C(=O)OCC(C)C)S(=O)(=O)CC#N. The minimum absolute atomic E-state index is 0.126. The van der Waals surface area contributed by atoms with E-state index in [1.54, 1.807) is 13.0 Å². The number of carbonyl (C=O) groups is 1. The van der Waals surface area contributed by atoms with E-state index in [1.165, 1.54) is 0 Å². The molecule has 0 aromatic carbocycles. The number of nitriles is 1. The van der Waals surface area contributed by atoms with E-state index in [2.05, 4.69) is 0 Å². The van der Waals surface area contributed by atoms with Crippen LogP contribution in [0.15, 0.2) is 0 Å². The summed E-state index contributed by atoms with van der Waals surface area (Å²) in [6.45, 7) is 5.49. The van der Waals surface area contributed by atoms with E-state index in [1.807, 2.05) is 13.8 Å². The third-order valence-electron chi connectivity index (χ3n) is 1.89. The third kappa shape index (κ3) is 4.62. The highest BCUT2D eigenvalue weighted by molar-refractivity contribution is 7.92. The fourth-order valence-corrected chi connectivity index (χ4v) is 2.35. The molecule has 1 atom stereocenters. The Labute approximate surface area is 96.3 Å². The third-order valence-corrected chi connectivity index (χ3v) is 3.82. The van der Waals surface area contributed by atoms with Crippen LogP contribution in [0.3, 0.4) is 0 Å². The van der Waals surface area contributed by atoms with Gasteiger partial charge in [-0.25, -0.2) is 8.42 Å². The molecular formula is C10H17NO4S. The number of carbonyl (C=O) groups excluding carboxylic acids is 1. The fraction of sp³-hybridized carbons (Fsp3) is 0.800. The molecule has 0 saturated heterocycles. The molecule has 0 amide bonds. The van der Waals surface area contributed by atoms with Gasteiger partial charge in [0.15, 0.2) is 15.1 Å². The van der Waals surface area contributed by atoms with Crippen molar-refractivity contribution in [1.29, 1.82) is 5.26 Å². The van der Waals surface area contributed by atoms with E-state index in [9.17, 15) is 13.2 Å². The Balaban J connectivity index is 4.63. The molecule has 0 aliphatic heterocycles. The summed E-state index contributed by atoms with van der Waals surface area (Å²) in [5.41, 5.74) is 0. The molecule has 0 bridgehead atoms. The molecule has 16 heavy (non-hydrogen) atoms. The van der Waals surface area contributed by atoms with Crippen molar-refractivity contribution in [2.24, 2.45) is 5.92 Å². The van der Waals surface area contributed by atoms with Crippen molar-refractivity contribution in [3.05, 3.63) is 0 Å². The highest BCUT2D eigenvalue weighted by atomic mass is 32.2. The molecule has 0 rings (SSSR count). The van der Waals surface area contributed by atoms with Crippen LogP contribution >= 0.6 is 0 Å². The van der Waals surface area contributed by atoms with Gasteiger partial charge in [0.25, 0.3) is 0 Å². The van der Waals surface area contributed by atoms with Crippen LogP contribution in [-0.4, -0.2) is 32.0 Å². The van der Waals surface area contributed by atoms with Crippen LogP contribution in [0.2, 0.25) is 0 Å². The van der Waals surface area contributed by atoms with Gasteiger partial charge in [0.2, 0.25) is 0 Å². The van der Waals surface area contributed by atoms with Gasteiger partial charge in [-0.2, -0.15) is 5.26 Å². The zero-order chi connectivity index (χ0) is 12.8. The predicted molar refractivity (Wildman–Crippen MR) is 59.3 cm³/mol. The van der Waals surface area contributed by atoms with Crippen LogP contribution in [-0.2, 0) is 19.4 Å². The Morgan fingerprint density at radius 3 is 2.38 bits per heavy atom. The summed E-state index contributed by atoms with van der Waals surface area (Å²) in [7, 11) is -3.71. The maximum atomic E-state index is 11.5. The molecule has 0 aliphatic carbocycles. The van der Waals surface area contributed by atoms with Crippen molar-refractivity contribution in [2.75, 3.05) is 12.4 Å². The van der Waals surface area contributed by atoms with Crippen LogP contribution in [0.4, 0.5) is 0 Å². The van der Waals surface area contributed by atoms with Gasteiger partial charge in [-0.05, 0) is 12.3 Å².